The molecule has 0 aliphatic carbocycles. The highest BCUT2D eigenvalue weighted by atomic mass is 16.5. The van der Waals surface area contributed by atoms with E-state index in [2.05, 4.69) is 16.1 Å². The van der Waals surface area contributed by atoms with Crippen LogP contribution in [0.1, 0.15) is 24.2 Å². The highest BCUT2D eigenvalue weighted by molar-refractivity contribution is 5.79. The molecule has 1 amide bonds. The molecule has 0 aromatic carbocycles. The maximum Gasteiger partial charge on any atom is 0.228 e. The minimum atomic E-state index is 0.0231. The van der Waals surface area contributed by atoms with E-state index in [1.54, 1.807) is 6.08 Å². The van der Waals surface area contributed by atoms with Gasteiger partial charge in [0.25, 0.3) is 0 Å². The Morgan fingerprint density at radius 2 is 2.45 bits per heavy atom. The molecule has 0 spiro atoms. The highest BCUT2D eigenvalue weighted by Crippen LogP contribution is 2.21. The maximum atomic E-state index is 12.6. The number of carbonyl (C=O) groups is 1. The van der Waals surface area contributed by atoms with Crippen LogP contribution < -0.4 is 0 Å². The predicted octanol–water partition coefficient (Wildman–Crippen LogP) is 1.35. The average Bonchev–Trinajstić information content (AvgIpc) is 3.13. The van der Waals surface area contributed by atoms with Gasteiger partial charge in [-0.2, -0.15) is 0 Å². The summed E-state index contributed by atoms with van der Waals surface area (Å²) in [5, 5.41) is 0. The van der Waals surface area contributed by atoms with Gasteiger partial charge in [-0.1, -0.05) is 6.08 Å². The fraction of sp³-hybridized carbons (Fsp3) is 0.625. The monoisotopic (exact) mass is 305 g/mol. The number of aryl methyl sites for hydroxylation is 1. The third kappa shape index (κ3) is 3.23. The maximum absolute atomic E-state index is 12.6. The number of ether oxygens (including phenoxy) is 2. The summed E-state index contributed by atoms with van der Waals surface area (Å²) >= 11 is 0. The molecular weight excluding hydrogens is 282 g/mol. The van der Waals surface area contributed by atoms with Crippen LogP contribution in [0.2, 0.25) is 0 Å². The lowest BCUT2D eigenvalue weighted by molar-refractivity contribution is -0.136. The molecule has 6 heteroatoms. The molecule has 0 unspecified atom stereocenters. The summed E-state index contributed by atoms with van der Waals surface area (Å²) < 4.78 is 13.0. The Balaban J connectivity index is 1.71. The topological polar surface area (TPSA) is 56.6 Å². The molecule has 6 nitrogen and oxygen atoms in total. The van der Waals surface area contributed by atoms with Crippen molar-refractivity contribution >= 4 is 5.91 Å². The van der Waals surface area contributed by atoms with E-state index in [0.717, 1.165) is 37.3 Å². The number of rotatable bonds is 5. The van der Waals surface area contributed by atoms with Crippen LogP contribution in [-0.4, -0.2) is 46.7 Å². The zero-order chi connectivity index (χ0) is 15.4. The Bertz CT molecular complexity index is 535. The van der Waals surface area contributed by atoms with Crippen LogP contribution in [0.25, 0.3) is 0 Å². The lowest BCUT2D eigenvalue weighted by atomic mass is 10.1. The first-order valence-corrected chi connectivity index (χ1v) is 7.87. The summed E-state index contributed by atoms with van der Waals surface area (Å²) in [6.45, 7) is 8.18. The zero-order valence-electron chi connectivity index (χ0n) is 12.9. The number of fused-ring (bicyclic) bond motifs is 1. The first-order valence-electron chi connectivity index (χ1n) is 7.87. The molecule has 120 valence electrons. The fourth-order valence-corrected chi connectivity index (χ4v) is 3.05. The van der Waals surface area contributed by atoms with Gasteiger partial charge in [0.1, 0.15) is 0 Å². The second-order valence-electron chi connectivity index (χ2n) is 5.81. The standard InChI is InChI=1S/C16H23N3O3/c1-2-7-21-11-14-15-9-18(5-3-6-19(15)12-17-14)16(20)13-4-8-22-10-13/h2,12-13H,1,3-11H2/t13-/m1/s1. The Hall–Kier alpha value is -1.66. The van der Waals surface area contributed by atoms with Crippen molar-refractivity contribution < 1.29 is 14.3 Å². The molecule has 2 aliphatic rings. The Kier molecular flexibility index (Phi) is 4.90. The van der Waals surface area contributed by atoms with Crippen molar-refractivity contribution in [2.24, 2.45) is 5.92 Å². The molecule has 1 fully saturated rings. The van der Waals surface area contributed by atoms with Gasteiger partial charge in [0.2, 0.25) is 5.91 Å². The molecule has 1 aromatic heterocycles. The summed E-state index contributed by atoms with van der Waals surface area (Å²) in [5.74, 6) is 0.236. The molecule has 0 bridgehead atoms. The van der Waals surface area contributed by atoms with Gasteiger partial charge in [0, 0.05) is 19.7 Å². The van der Waals surface area contributed by atoms with Gasteiger partial charge in [-0.25, -0.2) is 4.98 Å². The Labute approximate surface area is 130 Å². The van der Waals surface area contributed by atoms with Crippen molar-refractivity contribution in [1.29, 1.82) is 0 Å². The van der Waals surface area contributed by atoms with E-state index in [0.29, 0.717) is 33.0 Å². The molecule has 3 heterocycles. The van der Waals surface area contributed by atoms with Gasteiger partial charge >= 0.3 is 0 Å². The van der Waals surface area contributed by atoms with Crippen LogP contribution >= 0.6 is 0 Å². The van der Waals surface area contributed by atoms with Crippen molar-refractivity contribution in [2.45, 2.75) is 32.5 Å². The van der Waals surface area contributed by atoms with Crippen LogP contribution in [-0.2, 0) is 34.0 Å². The molecule has 22 heavy (non-hydrogen) atoms. The zero-order valence-corrected chi connectivity index (χ0v) is 12.9. The Morgan fingerprint density at radius 1 is 1.55 bits per heavy atom. The minimum Gasteiger partial charge on any atom is -0.381 e. The molecule has 0 saturated carbocycles. The molecule has 1 saturated heterocycles. The van der Waals surface area contributed by atoms with Crippen molar-refractivity contribution in [1.82, 2.24) is 14.5 Å². The van der Waals surface area contributed by atoms with E-state index < -0.39 is 0 Å². The number of hydrogen-bond acceptors (Lipinski definition) is 4. The molecule has 2 aliphatic heterocycles. The largest absolute Gasteiger partial charge is 0.381 e. The summed E-state index contributed by atoms with van der Waals surface area (Å²) in [6.07, 6.45) is 5.37. The van der Waals surface area contributed by atoms with Gasteiger partial charge in [0.15, 0.2) is 0 Å². The fourth-order valence-electron chi connectivity index (χ4n) is 3.05. The number of carbonyl (C=O) groups excluding carboxylic acids is 1. The first-order chi connectivity index (χ1) is 10.8. The lowest BCUT2D eigenvalue weighted by Gasteiger charge is -2.23. The first kappa shape index (κ1) is 15.2. The van der Waals surface area contributed by atoms with Gasteiger partial charge in [-0.3, -0.25) is 4.79 Å². The normalized spacial score (nSPS) is 21.5. The molecule has 3 rings (SSSR count). The third-order valence-corrected chi connectivity index (χ3v) is 4.27. The number of amides is 1. The van der Waals surface area contributed by atoms with E-state index >= 15 is 0 Å². The van der Waals surface area contributed by atoms with Gasteiger partial charge in [-0.15, -0.1) is 6.58 Å². The van der Waals surface area contributed by atoms with E-state index in [4.69, 9.17) is 9.47 Å². The summed E-state index contributed by atoms with van der Waals surface area (Å²) in [6, 6.07) is 0. The van der Waals surface area contributed by atoms with Crippen molar-refractivity contribution in [3.05, 3.63) is 30.4 Å². The van der Waals surface area contributed by atoms with Crippen LogP contribution in [0.4, 0.5) is 0 Å². The number of aromatic nitrogens is 2. The van der Waals surface area contributed by atoms with E-state index in [1.165, 1.54) is 0 Å². The van der Waals surface area contributed by atoms with Crippen LogP contribution in [0, 0.1) is 5.92 Å². The second kappa shape index (κ2) is 7.07. The van der Waals surface area contributed by atoms with E-state index in [1.807, 2.05) is 11.2 Å². The molecule has 1 aromatic rings. The SMILES string of the molecule is C=CCOCc1ncn2c1CN(C(=O)[C@@H]1CCOC1)CCC2. The molecule has 1 atom stereocenters. The van der Waals surface area contributed by atoms with E-state index in [9.17, 15) is 4.79 Å². The van der Waals surface area contributed by atoms with Crippen molar-refractivity contribution in [3.8, 4) is 0 Å². The molecule has 0 radical (unpaired) electrons. The average molecular weight is 305 g/mol. The summed E-state index contributed by atoms with van der Waals surface area (Å²) in [5.41, 5.74) is 2.01. The quantitative estimate of drug-likeness (QED) is 0.609. The number of hydrogen-bond donors (Lipinski definition) is 0. The predicted molar refractivity (Wildman–Crippen MR) is 81.0 cm³/mol. The van der Waals surface area contributed by atoms with Gasteiger partial charge < -0.3 is 18.9 Å². The Morgan fingerprint density at radius 3 is 3.23 bits per heavy atom. The number of imidazole rings is 1. The van der Waals surface area contributed by atoms with Gasteiger partial charge in [-0.05, 0) is 12.8 Å². The second-order valence-corrected chi connectivity index (χ2v) is 5.81. The number of nitrogens with zero attached hydrogens (tertiary/aromatic N) is 3. The van der Waals surface area contributed by atoms with Crippen LogP contribution in [0.3, 0.4) is 0 Å². The smallest absolute Gasteiger partial charge is 0.228 e. The van der Waals surface area contributed by atoms with Crippen molar-refractivity contribution in [2.75, 3.05) is 26.4 Å². The van der Waals surface area contributed by atoms with Gasteiger partial charge in [0.05, 0.1) is 50.0 Å². The lowest BCUT2D eigenvalue weighted by Crippen LogP contribution is -2.36. The van der Waals surface area contributed by atoms with Crippen LogP contribution in [0.5, 0.6) is 0 Å². The summed E-state index contributed by atoms with van der Waals surface area (Å²) in [7, 11) is 0. The molecular formula is C16H23N3O3. The van der Waals surface area contributed by atoms with Crippen molar-refractivity contribution in [3.63, 3.8) is 0 Å². The highest BCUT2D eigenvalue weighted by Gasteiger charge is 2.30. The summed E-state index contributed by atoms with van der Waals surface area (Å²) in [4.78, 5) is 19.0. The minimum absolute atomic E-state index is 0.0231. The van der Waals surface area contributed by atoms with Crippen LogP contribution in [0.15, 0.2) is 19.0 Å². The molecule has 0 N–H and O–H groups in total. The van der Waals surface area contributed by atoms with E-state index in [-0.39, 0.29) is 11.8 Å². The third-order valence-electron chi connectivity index (χ3n) is 4.27.